The lowest BCUT2D eigenvalue weighted by atomic mass is 10.1. The van der Waals surface area contributed by atoms with Gasteiger partial charge in [-0.3, -0.25) is 9.69 Å². The third-order valence-corrected chi connectivity index (χ3v) is 5.15. The zero-order chi connectivity index (χ0) is 18.5. The van der Waals surface area contributed by atoms with Crippen LogP contribution in [0.4, 0.5) is 11.4 Å². The summed E-state index contributed by atoms with van der Waals surface area (Å²) in [6, 6.07) is 14.1. The second kappa shape index (κ2) is 8.56. The first-order valence-corrected chi connectivity index (χ1v) is 9.56. The van der Waals surface area contributed by atoms with Crippen LogP contribution in [0.25, 0.3) is 0 Å². The van der Waals surface area contributed by atoms with Crippen molar-refractivity contribution in [1.82, 2.24) is 4.90 Å². The first-order chi connectivity index (χ1) is 12.6. The minimum absolute atomic E-state index is 0.0604. The van der Waals surface area contributed by atoms with Gasteiger partial charge in [0, 0.05) is 42.6 Å². The lowest BCUT2D eigenvalue weighted by Gasteiger charge is -2.35. The highest BCUT2D eigenvalue weighted by atomic mass is 35.5. The molecule has 1 heterocycles. The minimum atomic E-state index is 0.0604. The number of anilines is 2. The third-order valence-electron chi connectivity index (χ3n) is 4.92. The first-order valence-electron chi connectivity index (χ1n) is 9.18. The van der Waals surface area contributed by atoms with Crippen LogP contribution in [-0.2, 0) is 11.2 Å². The number of para-hydroxylation sites is 1. The molecular weight excluding hydrogens is 346 g/mol. The van der Waals surface area contributed by atoms with Gasteiger partial charge in [0.2, 0.25) is 5.91 Å². The number of piperazine rings is 1. The molecule has 3 rings (SSSR count). The van der Waals surface area contributed by atoms with Gasteiger partial charge in [-0.1, -0.05) is 42.8 Å². The van der Waals surface area contributed by atoms with Crippen molar-refractivity contribution in [3.63, 3.8) is 0 Å². The molecule has 0 bridgehead atoms. The molecule has 1 aliphatic rings. The Hall–Kier alpha value is -2.04. The molecule has 4 nitrogen and oxygen atoms in total. The van der Waals surface area contributed by atoms with Crippen LogP contribution < -0.4 is 10.2 Å². The second-order valence-electron chi connectivity index (χ2n) is 6.75. The van der Waals surface area contributed by atoms with Gasteiger partial charge in [-0.15, -0.1) is 0 Å². The van der Waals surface area contributed by atoms with Gasteiger partial charge < -0.3 is 10.2 Å². The SMILES string of the molecule is CCc1cccc(C)c1NC(=O)CN1CCN(c2cccc(Cl)c2)CC1. The molecule has 0 saturated carbocycles. The summed E-state index contributed by atoms with van der Waals surface area (Å²) in [6.45, 7) is 8.12. The molecule has 1 N–H and O–H groups in total. The quantitative estimate of drug-likeness (QED) is 0.863. The molecule has 2 aromatic rings. The zero-order valence-corrected chi connectivity index (χ0v) is 16.2. The summed E-state index contributed by atoms with van der Waals surface area (Å²) < 4.78 is 0. The fourth-order valence-electron chi connectivity index (χ4n) is 3.42. The summed E-state index contributed by atoms with van der Waals surface area (Å²) in [5.41, 5.74) is 4.42. The van der Waals surface area contributed by atoms with Crippen LogP contribution in [-0.4, -0.2) is 43.5 Å². The van der Waals surface area contributed by atoms with E-state index < -0.39 is 0 Å². The van der Waals surface area contributed by atoms with Gasteiger partial charge in [-0.05, 0) is 42.7 Å². The second-order valence-corrected chi connectivity index (χ2v) is 7.19. The third kappa shape index (κ3) is 4.57. The van der Waals surface area contributed by atoms with E-state index in [4.69, 9.17) is 11.6 Å². The van der Waals surface area contributed by atoms with E-state index in [0.29, 0.717) is 6.54 Å². The average Bonchev–Trinajstić information content (AvgIpc) is 2.64. The lowest BCUT2D eigenvalue weighted by molar-refractivity contribution is -0.117. The van der Waals surface area contributed by atoms with E-state index in [1.54, 1.807) is 0 Å². The molecule has 26 heavy (non-hydrogen) atoms. The van der Waals surface area contributed by atoms with Gasteiger partial charge in [0.1, 0.15) is 0 Å². The van der Waals surface area contributed by atoms with Crippen molar-refractivity contribution >= 4 is 28.9 Å². The fraction of sp³-hybridized carbons (Fsp3) is 0.381. The van der Waals surface area contributed by atoms with Crippen LogP contribution in [0, 0.1) is 6.92 Å². The molecule has 0 unspecified atom stereocenters. The van der Waals surface area contributed by atoms with Gasteiger partial charge >= 0.3 is 0 Å². The Balaban J connectivity index is 1.54. The highest BCUT2D eigenvalue weighted by molar-refractivity contribution is 6.30. The molecule has 0 aliphatic carbocycles. The number of carbonyl (C=O) groups is 1. The molecule has 1 saturated heterocycles. The van der Waals surface area contributed by atoms with Crippen LogP contribution >= 0.6 is 11.6 Å². The molecule has 0 aromatic heterocycles. The molecule has 1 fully saturated rings. The first kappa shape index (κ1) is 18.7. The molecule has 0 radical (unpaired) electrons. The van der Waals surface area contributed by atoms with E-state index in [2.05, 4.69) is 34.2 Å². The van der Waals surface area contributed by atoms with E-state index in [9.17, 15) is 4.79 Å². The van der Waals surface area contributed by atoms with Gasteiger partial charge in [-0.25, -0.2) is 0 Å². The van der Waals surface area contributed by atoms with Crippen molar-refractivity contribution < 1.29 is 4.79 Å². The standard InChI is InChI=1S/C21H26ClN3O/c1-3-17-7-4-6-16(2)21(17)23-20(26)15-24-10-12-25(13-11-24)19-9-5-8-18(22)14-19/h4-9,14H,3,10-13,15H2,1-2H3,(H,23,26). The zero-order valence-electron chi connectivity index (χ0n) is 15.5. The number of hydrogen-bond donors (Lipinski definition) is 1. The number of benzene rings is 2. The minimum Gasteiger partial charge on any atom is -0.369 e. The molecule has 5 heteroatoms. The van der Waals surface area contributed by atoms with Crippen molar-refractivity contribution in [2.75, 3.05) is 42.9 Å². The lowest BCUT2D eigenvalue weighted by Crippen LogP contribution is -2.48. The largest absolute Gasteiger partial charge is 0.369 e. The predicted octanol–water partition coefficient (Wildman–Crippen LogP) is 3.97. The number of nitrogens with one attached hydrogen (secondary N) is 1. The fourth-order valence-corrected chi connectivity index (χ4v) is 3.61. The molecule has 138 valence electrons. The van der Waals surface area contributed by atoms with Crippen LogP contribution in [0.3, 0.4) is 0 Å². The molecule has 2 aromatic carbocycles. The number of nitrogens with zero attached hydrogens (tertiary/aromatic N) is 2. The summed E-state index contributed by atoms with van der Waals surface area (Å²) >= 11 is 6.09. The Morgan fingerprint density at radius 3 is 2.54 bits per heavy atom. The predicted molar refractivity (Wildman–Crippen MR) is 109 cm³/mol. The maximum atomic E-state index is 12.5. The van der Waals surface area contributed by atoms with E-state index in [0.717, 1.165) is 54.6 Å². The number of aryl methyl sites for hydroxylation is 2. The highest BCUT2D eigenvalue weighted by Gasteiger charge is 2.20. The summed E-state index contributed by atoms with van der Waals surface area (Å²) in [5.74, 6) is 0.0604. The summed E-state index contributed by atoms with van der Waals surface area (Å²) in [7, 11) is 0. The smallest absolute Gasteiger partial charge is 0.238 e. The van der Waals surface area contributed by atoms with Gasteiger partial charge in [0.15, 0.2) is 0 Å². The number of carbonyl (C=O) groups excluding carboxylic acids is 1. The Morgan fingerprint density at radius 2 is 1.85 bits per heavy atom. The average molecular weight is 372 g/mol. The molecule has 0 spiro atoms. The molecule has 0 atom stereocenters. The van der Waals surface area contributed by atoms with Crippen LogP contribution in [0.15, 0.2) is 42.5 Å². The topological polar surface area (TPSA) is 35.6 Å². The Kier molecular flexibility index (Phi) is 6.17. The molecule has 1 amide bonds. The van der Waals surface area contributed by atoms with Crippen LogP contribution in [0.5, 0.6) is 0 Å². The van der Waals surface area contributed by atoms with Crippen LogP contribution in [0.2, 0.25) is 5.02 Å². The Morgan fingerprint density at radius 1 is 1.12 bits per heavy atom. The van der Waals surface area contributed by atoms with E-state index in [1.165, 1.54) is 5.56 Å². The maximum Gasteiger partial charge on any atom is 0.238 e. The van der Waals surface area contributed by atoms with Crippen LogP contribution in [0.1, 0.15) is 18.1 Å². The van der Waals surface area contributed by atoms with E-state index in [1.807, 2.05) is 37.3 Å². The monoisotopic (exact) mass is 371 g/mol. The van der Waals surface area contributed by atoms with E-state index >= 15 is 0 Å². The van der Waals surface area contributed by atoms with Crippen molar-refractivity contribution in [3.05, 3.63) is 58.6 Å². The Bertz CT molecular complexity index is 770. The van der Waals surface area contributed by atoms with E-state index in [-0.39, 0.29) is 5.91 Å². The van der Waals surface area contributed by atoms with Crippen molar-refractivity contribution in [2.45, 2.75) is 20.3 Å². The summed E-state index contributed by atoms with van der Waals surface area (Å²) in [5, 5.41) is 3.87. The number of rotatable bonds is 5. The summed E-state index contributed by atoms with van der Waals surface area (Å²) in [4.78, 5) is 17.0. The maximum absolute atomic E-state index is 12.5. The number of amides is 1. The summed E-state index contributed by atoms with van der Waals surface area (Å²) in [6.07, 6.45) is 0.912. The molecular formula is C21H26ClN3O. The van der Waals surface area contributed by atoms with Crippen molar-refractivity contribution in [1.29, 1.82) is 0 Å². The molecule has 1 aliphatic heterocycles. The number of hydrogen-bond acceptors (Lipinski definition) is 3. The normalized spacial score (nSPS) is 15.1. The number of halogens is 1. The van der Waals surface area contributed by atoms with Crippen molar-refractivity contribution in [3.8, 4) is 0 Å². The Labute approximate surface area is 160 Å². The van der Waals surface area contributed by atoms with Gasteiger partial charge in [0.05, 0.1) is 6.54 Å². The van der Waals surface area contributed by atoms with Crippen molar-refractivity contribution in [2.24, 2.45) is 0 Å². The highest BCUT2D eigenvalue weighted by Crippen LogP contribution is 2.22. The van der Waals surface area contributed by atoms with Gasteiger partial charge in [0.25, 0.3) is 0 Å². The van der Waals surface area contributed by atoms with Gasteiger partial charge in [-0.2, -0.15) is 0 Å².